The maximum Gasteiger partial charge on any atom is 0.342 e. The Bertz CT molecular complexity index is 1170. The van der Waals surface area contributed by atoms with Gasteiger partial charge in [-0.15, -0.1) is 0 Å². The predicted molar refractivity (Wildman–Crippen MR) is 110 cm³/mol. The van der Waals surface area contributed by atoms with Crippen molar-refractivity contribution in [2.45, 2.75) is 12.8 Å². The van der Waals surface area contributed by atoms with Gasteiger partial charge in [0.1, 0.15) is 17.1 Å². The summed E-state index contributed by atoms with van der Waals surface area (Å²) < 4.78 is 5.08. The molecule has 3 aromatic carbocycles. The Morgan fingerprint density at radius 3 is 2.50 bits per heavy atom. The van der Waals surface area contributed by atoms with E-state index in [9.17, 15) is 24.6 Å². The zero-order valence-electron chi connectivity index (χ0n) is 16.0. The van der Waals surface area contributed by atoms with E-state index in [-0.39, 0.29) is 23.0 Å². The number of carbonyl (C=O) groups is 3. The minimum Gasteiger partial charge on any atom is -0.507 e. The zero-order valence-corrected chi connectivity index (χ0v) is 16.0. The number of anilines is 1. The van der Waals surface area contributed by atoms with Crippen LogP contribution in [0.3, 0.4) is 0 Å². The van der Waals surface area contributed by atoms with E-state index in [1.165, 1.54) is 0 Å². The molecule has 0 spiro atoms. The Labute approximate surface area is 172 Å². The molecule has 1 saturated heterocycles. The number of hydrogen-bond acceptors (Lipinski definition) is 6. The summed E-state index contributed by atoms with van der Waals surface area (Å²) in [5.41, 5.74) is 0.716. The number of amides is 1. The third-order valence-electron chi connectivity index (χ3n) is 5.10. The van der Waals surface area contributed by atoms with Gasteiger partial charge in [0.2, 0.25) is 5.91 Å². The summed E-state index contributed by atoms with van der Waals surface area (Å²) in [6, 6.07) is 14.3. The minimum absolute atomic E-state index is 0.0117. The van der Waals surface area contributed by atoms with E-state index in [4.69, 9.17) is 4.74 Å². The number of esters is 1. The zero-order chi connectivity index (χ0) is 21.3. The fraction of sp³-hybridized carbons (Fsp3) is 0.174. The van der Waals surface area contributed by atoms with Crippen LogP contribution < -0.4 is 4.90 Å². The maximum atomic E-state index is 12.5. The highest BCUT2D eigenvalue weighted by Crippen LogP contribution is 2.35. The van der Waals surface area contributed by atoms with Gasteiger partial charge < -0.3 is 19.8 Å². The quantitative estimate of drug-likeness (QED) is 0.383. The van der Waals surface area contributed by atoms with Crippen LogP contribution in [0.25, 0.3) is 10.8 Å². The normalized spacial score (nSPS) is 13.6. The number of phenols is 2. The average Bonchev–Trinajstić information content (AvgIpc) is 3.20. The van der Waals surface area contributed by atoms with Crippen LogP contribution >= 0.6 is 0 Å². The van der Waals surface area contributed by atoms with Gasteiger partial charge in [-0.3, -0.25) is 9.59 Å². The molecule has 1 aliphatic heterocycles. The second-order valence-corrected chi connectivity index (χ2v) is 7.04. The largest absolute Gasteiger partial charge is 0.507 e. The number of aromatic hydroxyl groups is 2. The summed E-state index contributed by atoms with van der Waals surface area (Å²) in [6.07, 6.45) is 1.26. The third-order valence-corrected chi connectivity index (χ3v) is 5.10. The highest BCUT2D eigenvalue weighted by molar-refractivity contribution is 6.05. The molecule has 0 radical (unpaired) electrons. The number of fused-ring (bicyclic) bond motifs is 1. The van der Waals surface area contributed by atoms with Crippen LogP contribution in [-0.2, 0) is 9.53 Å². The number of ketones is 1. The number of Topliss-reactive ketones (excluding diaryl/α,β-unsaturated/α-hetero) is 1. The van der Waals surface area contributed by atoms with Crippen molar-refractivity contribution in [1.82, 2.24) is 0 Å². The van der Waals surface area contributed by atoms with Crippen LogP contribution in [0.5, 0.6) is 11.5 Å². The standard InChI is InChI=1S/C23H19NO6/c25-19-12-18(22(28)17-8-2-1-7-16(17)19)23(29)30-13-20(26)14-5-3-6-15(11-14)24-10-4-9-21(24)27/h1-3,5-8,11-12,25,28H,4,9-10,13H2. The van der Waals surface area contributed by atoms with Crippen LogP contribution in [0.2, 0.25) is 0 Å². The lowest BCUT2D eigenvalue weighted by Crippen LogP contribution is -2.24. The molecule has 1 aliphatic rings. The van der Waals surface area contributed by atoms with Gasteiger partial charge in [0.25, 0.3) is 0 Å². The molecule has 0 unspecified atom stereocenters. The van der Waals surface area contributed by atoms with Gasteiger partial charge in [-0.1, -0.05) is 36.4 Å². The Kier molecular flexibility index (Phi) is 5.10. The second-order valence-electron chi connectivity index (χ2n) is 7.04. The smallest absolute Gasteiger partial charge is 0.342 e. The van der Waals surface area contributed by atoms with Gasteiger partial charge in [0, 0.05) is 35.0 Å². The van der Waals surface area contributed by atoms with Crippen LogP contribution in [0.15, 0.2) is 54.6 Å². The minimum atomic E-state index is -0.923. The number of phenolic OH excluding ortho intramolecular Hbond substituents is 2. The van der Waals surface area contributed by atoms with Gasteiger partial charge in [-0.25, -0.2) is 4.79 Å². The predicted octanol–water partition coefficient (Wildman–Crippen LogP) is 3.42. The number of ether oxygens (including phenoxy) is 1. The molecule has 4 rings (SSSR count). The molecular formula is C23H19NO6. The van der Waals surface area contributed by atoms with Gasteiger partial charge >= 0.3 is 5.97 Å². The first-order valence-corrected chi connectivity index (χ1v) is 9.50. The van der Waals surface area contributed by atoms with E-state index < -0.39 is 18.4 Å². The Balaban J connectivity index is 1.49. The molecule has 1 fully saturated rings. The molecule has 0 aromatic heterocycles. The van der Waals surface area contributed by atoms with Crippen molar-refractivity contribution in [3.05, 3.63) is 65.7 Å². The molecule has 1 heterocycles. The van der Waals surface area contributed by atoms with Crippen molar-refractivity contribution >= 4 is 34.1 Å². The van der Waals surface area contributed by atoms with Gasteiger partial charge in [-0.2, -0.15) is 0 Å². The third kappa shape index (κ3) is 3.57. The fourth-order valence-electron chi connectivity index (χ4n) is 3.56. The number of carbonyl (C=O) groups excluding carboxylic acids is 3. The average molecular weight is 405 g/mol. The fourth-order valence-corrected chi connectivity index (χ4v) is 3.56. The Hall–Kier alpha value is -3.87. The molecule has 0 aliphatic carbocycles. The number of benzene rings is 3. The van der Waals surface area contributed by atoms with Crippen LogP contribution in [0.1, 0.15) is 33.6 Å². The first-order chi connectivity index (χ1) is 14.5. The van der Waals surface area contributed by atoms with Crippen molar-refractivity contribution < 1.29 is 29.3 Å². The van der Waals surface area contributed by atoms with Crippen LogP contribution in [-0.4, -0.2) is 41.0 Å². The van der Waals surface area contributed by atoms with E-state index in [1.54, 1.807) is 53.4 Å². The van der Waals surface area contributed by atoms with Gasteiger partial charge in [0.15, 0.2) is 12.4 Å². The molecule has 7 nitrogen and oxygen atoms in total. The molecule has 0 saturated carbocycles. The van der Waals surface area contributed by atoms with Gasteiger partial charge in [0.05, 0.1) is 0 Å². The Morgan fingerprint density at radius 1 is 1.00 bits per heavy atom. The molecular weight excluding hydrogens is 386 g/mol. The Morgan fingerprint density at radius 2 is 1.77 bits per heavy atom. The summed E-state index contributed by atoms with van der Waals surface area (Å²) in [4.78, 5) is 38.5. The van der Waals surface area contributed by atoms with E-state index in [0.717, 1.165) is 12.5 Å². The molecule has 7 heteroatoms. The van der Waals surface area contributed by atoms with Crippen molar-refractivity contribution in [2.75, 3.05) is 18.1 Å². The molecule has 2 N–H and O–H groups in total. The van der Waals surface area contributed by atoms with Gasteiger partial charge in [-0.05, 0) is 24.6 Å². The van der Waals surface area contributed by atoms with E-state index in [0.29, 0.717) is 35.0 Å². The summed E-state index contributed by atoms with van der Waals surface area (Å²) in [7, 11) is 0. The SMILES string of the molecule is O=C(COC(=O)c1cc(O)c2ccccc2c1O)c1cccc(N2CCCC2=O)c1. The number of nitrogens with zero attached hydrogens (tertiary/aromatic N) is 1. The van der Waals surface area contributed by atoms with Crippen LogP contribution in [0, 0.1) is 0 Å². The van der Waals surface area contributed by atoms with Crippen molar-refractivity contribution in [3.63, 3.8) is 0 Å². The molecule has 3 aromatic rings. The van der Waals surface area contributed by atoms with E-state index in [1.807, 2.05) is 0 Å². The maximum absolute atomic E-state index is 12.5. The summed E-state index contributed by atoms with van der Waals surface area (Å²) in [5.74, 6) is -1.85. The number of rotatable bonds is 5. The summed E-state index contributed by atoms with van der Waals surface area (Å²) in [5, 5.41) is 21.2. The molecule has 0 atom stereocenters. The molecule has 1 amide bonds. The monoisotopic (exact) mass is 405 g/mol. The molecule has 152 valence electrons. The first kappa shape index (κ1) is 19.4. The van der Waals surface area contributed by atoms with Crippen LogP contribution in [0.4, 0.5) is 5.69 Å². The topological polar surface area (TPSA) is 104 Å². The lowest BCUT2D eigenvalue weighted by atomic mass is 10.0. The lowest BCUT2D eigenvalue weighted by molar-refractivity contribution is -0.117. The van der Waals surface area contributed by atoms with E-state index >= 15 is 0 Å². The highest BCUT2D eigenvalue weighted by atomic mass is 16.5. The van der Waals surface area contributed by atoms with Crippen molar-refractivity contribution in [1.29, 1.82) is 0 Å². The molecule has 0 bridgehead atoms. The summed E-state index contributed by atoms with van der Waals surface area (Å²) >= 11 is 0. The van der Waals surface area contributed by atoms with Crippen molar-refractivity contribution in [3.8, 4) is 11.5 Å². The summed E-state index contributed by atoms with van der Waals surface area (Å²) in [6.45, 7) is 0.0689. The first-order valence-electron chi connectivity index (χ1n) is 9.50. The highest BCUT2D eigenvalue weighted by Gasteiger charge is 2.23. The lowest BCUT2D eigenvalue weighted by Gasteiger charge is -2.16. The number of hydrogen-bond donors (Lipinski definition) is 2. The molecule has 30 heavy (non-hydrogen) atoms. The van der Waals surface area contributed by atoms with E-state index in [2.05, 4.69) is 0 Å². The second kappa shape index (κ2) is 7.87. The van der Waals surface area contributed by atoms with Crippen molar-refractivity contribution in [2.24, 2.45) is 0 Å².